The van der Waals surface area contributed by atoms with Gasteiger partial charge < -0.3 is 40.5 Å². The van der Waals surface area contributed by atoms with E-state index in [4.69, 9.17) is 9.47 Å². The fourth-order valence-corrected chi connectivity index (χ4v) is 6.18. The van der Waals surface area contributed by atoms with Gasteiger partial charge in [0.2, 0.25) is 0 Å². The van der Waals surface area contributed by atoms with Crippen molar-refractivity contribution in [3.05, 3.63) is 12.2 Å². The molecule has 0 aromatic carbocycles. The van der Waals surface area contributed by atoms with Crippen molar-refractivity contribution in [1.82, 2.24) is 10.6 Å². The molecule has 0 bridgehead atoms. The first-order chi connectivity index (χ1) is 15.4. The van der Waals surface area contributed by atoms with E-state index in [1.54, 1.807) is 21.0 Å². The highest BCUT2D eigenvalue weighted by Crippen LogP contribution is 2.38. The summed E-state index contributed by atoms with van der Waals surface area (Å²) in [6.45, 7) is 8.20. The largest absolute Gasteiger partial charge is 0.388 e. The number of alkyl halides is 1. The van der Waals surface area contributed by atoms with E-state index in [1.165, 1.54) is 37.4 Å². The molecular formula is C20H33FN4O6S2. The zero-order chi connectivity index (χ0) is 24.7. The molecule has 188 valence electrons. The zero-order valence-corrected chi connectivity index (χ0v) is 20.8. The number of rotatable bonds is 2. The number of fused-ring (bicyclic) bond motifs is 2. The average Bonchev–Trinajstić information content (AvgIpc) is 3.36. The molecule has 10 nitrogen and oxygen atoms in total. The number of thioether (sulfide) groups is 2. The van der Waals surface area contributed by atoms with Gasteiger partial charge in [-0.3, -0.25) is 9.98 Å². The van der Waals surface area contributed by atoms with Crippen LogP contribution in [0.4, 0.5) is 4.39 Å². The number of nitrogens with one attached hydrogen (secondary N) is 2. The first kappa shape index (κ1) is 26.7. The van der Waals surface area contributed by atoms with Crippen LogP contribution in [0.25, 0.3) is 0 Å². The van der Waals surface area contributed by atoms with Crippen molar-refractivity contribution in [2.24, 2.45) is 9.98 Å². The second-order valence-electron chi connectivity index (χ2n) is 8.86. The molecule has 4 saturated heterocycles. The fraction of sp³-hybridized carbons (Fsp3) is 0.800. The second-order valence-corrected chi connectivity index (χ2v) is 11.0. The number of nitrogens with zero attached hydrogens (tertiary/aromatic N) is 2. The van der Waals surface area contributed by atoms with Crippen LogP contribution in [-0.4, -0.2) is 110 Å². The van der Waals surface area contributed by atoms with Crippen LogP contribution < -0.4 is 10.6 Å². The normalized spacial score (nSPS) is 44.9. The molecule has 4 aliphatic rings. The van der Waals surface area contributed by atoms with Crippen LogP contribution in [0.5, 0.6) is 0 Å². The van der Waals surface area contributed by atoms with E-state index in [9.17, 15) is 24.8 Å². The van der Waals surface area contributed by atoms with Crippen LogP contribution >= 0.6 is 23.5 Å². The predicted molar refractivity (Wildman–Crippen MR) is 127 cm³/mol. The molecule has 4 heterocycles. The van der Waals surface area contributed by atoms with Crippen LogP contribution in [0, 0.1) is 0 Å². The van der Waals surface area contributed by atoms with Crippen molar-refractivity contribution in [2.45, 2.75) is 86.0 Å². The molecule has 0 spiro atoms. The molecule has 0 radical (unpaired) electrons. The number of aliphatic hydroxyl groups excluding tert-OH is 4. The Morgan fingerprint density at radius 2 is 1.36 bits per heavy atom. The smallest absolute Gasteiger partial charge is 0.159 e. The Balaban J connectivity index is 0.000000186. The van der Waals surface area contributed by atoms with Crippen molar-refractivity contribution in [3.63, 3.8) is 0 Å². The first-order valence-electron chi connectivity index (χ1n) is 10.6. The lowest BCUT2D eigenvalue weighted by atomic mass is 9.89. The maximum atomic E-state index is 13.9. The van der Waals surface area contributed by atoms with E-state index in [2.05, 4.69) is 27.2 Å². The van der Waals surface area contributed by atoms with Gasteiger partial charge in [0.15, 0.2) is 10.3 Å². The maximum absolute atomic E-state index is 13.9. The van der Waals surface area contributed by atoms with Gasteiger partial charge in [-0.1, -0.05) is 30.1 Å². The Morgan fingerprint density at radius 3 is 1.79 bits per heavy atom. The van der Waals surface area contributed by atoms with Crippen LogP contribution in [0.15, 0.2) is 22.1 Å². The van der Waals surface area contributed by atoms with Gasteiger partial charge in [-0.2, -0.15) is 0 Å². The molecule has 33 heavy (non-hydrogen) atoms. The zero-order valence-electron chi connectivity index (χ0n) is 19.2. The summed E-state index contributed by atoms with van der Waals surface area (Å²) >= 11 is 2.73. The van der Waals surface area contributed by atoms with Gasteiger partial charge in [-0.15, -0.1) is 0 Å². The summed E-state index contributed by atoms with van der Waals surface area (Å²) in [5.41, 5.74) is -1.64. The van der Waals surface area contributed by atoms with Crippen molar-refractivity contribution in [2.75, 3.05) is 14.1 Å². The van der Waals surface area contributed by atoms with Crippen LogP contribution in [0.2, 0.25) is 0 Å². The number of amidine groups is 2. The molecule has 4 aliphatic heterocycles. The molecule has 0 aromatic heterocycles. The topological polar surface area (TPSA) is 148 Å². The monoisotopic (exact) mass is 508 g/mol. The molecule has 13 heteroatoms. The number of halogens is 1. The fourth-order valence-electron chi connectivity index (χ4n) is 4.02. The van der Waals surface area contributed by atoms with Crippen LogP contribution in [0.1, 0.15) is 20.8 Å². The van der Waals surface area contributed by atoms with E-state index >= 15 is 0 Å². The number of hydrogen-bond acceptors (Lipinski definition) is 10. The Morgan fingerprint density at radius 1 is 0.909 bits per heavy atom. The summed E-state index contributed by atoms with van der Waals surface area (Å²) in [5.74, 6) is 0. The van der Waals surface area contributed by atoms with E-state index < -0.39 is 53.8 Å². The molecule has 10 atom stereocenters. The standard InChI is InChI=1S/C10H17FN2O3S.C10H16N2O3S/c1-10(2,11)7-6(15)5(14)4-8(16-7)17-9(12-3)13-4;1-4(2)8-7(14)6(13)5-9(15-8)16-10(11-3)12-5/h4-8,14-15H,1-3H3,(H,12,13);5-9,13-14H,1H2,2-3H3,(H,11,12)/t4-,5-,6+,7+,8-;5-,6-,7+,8-,9-/m11/s1. The third-order valence-corrected chi connectivity index (χ3v) is 8.13. The van der Waals surface area contributed by atoms with Crippen LogP contribution in [-0.2, 0) is 9.47 Å². The van der Waals surface area contributed by atoms with Crippen molar-refractivity contribution >= 4 is 33.9 Å². The van der Waals surface area contributed by atoms with Gasteiger partial charge in [0.05, 0.1) is 12.1 Å². The summed E-state index contributed by atoms with van der Waals surface area (Å²) in [6.07, 6.45) is -5.68. The summed E-state index contributed by atoms with van der Waals surface area (Å²) in [7, 11) is 3.29. The summed E-state index contributed by atoms with van der Waals surface area (Å²) < 4.78 is 25.1. The molecule has 4 rings (SSSR count). The minimum atomic E-state index is -1.71. The predicted octanol–water partition coefficient (Wildman–Crippen LogP) is -0.428. The van der Waals surface area contributed by atoms with Crippen molar-refractivity contribution in [1.29, 1.82) is 0 Å². The molecule has 0 aliphatic carbocycles. The minimum absolute atomic E-state index is 0.223. The van der Waals surface area contributed by atoms with E-state index in [1.807, 2.05) is 0 Å². The number of aliphatic imine (C=N–C) groups is 2. The Kier molecular flexibility index (Phi) is 8.37. The van der Waals surface area contributed by atoms with E-state index in [0.29, 0.717) is 10.7 Å². The SMILES string of the molecule is C=C(C)[C@H]1O[C@@H]2SC(=NC)N[C@@H]2[C@@H](O)[C@@H]1O.CN=C1N[C@@H]2[C@@H](O)[C@H](O)[C@@H](C(C)(C)F)O[C@@H]2S1. The van der Waals surface area contributed by atoms with Gasteiger partial charge in [-0.05, 0) is 26.3 Å². The van der Waals surface area contributed by atoms with E-state index in [-0.39, 0.29) is 11.5 Å². The Labute approximate surface area is 201 Å². The van der Waals surface area contributed by atoms with Crippen molar-refractivity contribution in [3.8, 4) is 0 Å². The minimum Gasteiger partial charge on any atom is -0.388 e. The Hall–Kier alpha value is -0.930. The lowest BCUT2D eigenvalue weighted by Gasteiger charge is -2.42. The summed E-state index contributed by atoms with van der Waals surface area (Å²) in [5, 5.41) is 47.0. The maximum Gasteiger partial charge on any atom is 0.159 e. The molecular weight excluding hydrogens is 475 g/mol. The van der Waals surface area contributed by atoms with Gasteiger partial charge >= 0.3 is 0 Å². The highest BCUT2D eigenvalue weighted by Gasteiger charge is 2.53. The van der Waals surface area contributed by atoms with Gasteiger partial charge in [0, 0.05) is 14.1 Å². The highest BCUT2D eigenvalue weighted by atomic mass is 32.2. The molecule has 0 aromatic rings. The van der Waals surface area contributed by atoms with Gasteiger partial charge in [0.1, 0.15) is 53.2 Å². The van der Waals surface area contributed by atoms with Crippen molar-refractivity contribution < 1.29 is 34.3 Å². The second kappa shape index (κ2) is 10.4. The van der Waals surface area contributed by atoms with Gasteiger partial charge in [-0.25, -0.2) is 4.39 Å². The number of ether oxygens (including phenoxy) is 2. The van der Waals surface area contributed by atoms with Crippen LogP contribution in [0.3, 0.4) is 0 Å². The quantitative estimate of drug-likeness (QED) is 0.272. The third-order valence-electron chi connectivity index (χ3n) is 5.81. The Bertz CT molecular complexity index is 797. The molecule has 4 fully saturated rings. The average molecular weight is 509 g/mol. The molecule has 0 unspecified atom stereocenters. The molecule has 6 N–H and O–H groups in total. The number of hydrogen-bond donors (Lipinski definition) is 6. The number of aliphatic hydroxyl groups is 4. The summed E-state index contributed by atoms with van der Waals surface area (Å²) in [6, 6.07) is -0.762. The lowest BCUT2D eigenvalue weighted by Crippen LogP contribution is -2.62. The third kappa shape index (κ3) is 5.50. The summed E-state index contributed by atoms with van der Waals surface area (Å²) in [4.78, 5) is 7.97. The lowest BCUT2D eigenvalue weighted by molar-refractivity contribution is -0.193. The molecule has 0 saturated carbocycles. The molecule has 0 amide bonds. The van der Waals surface area contributed by atoms with Gasteiger partial charge in [0.25, 0.3) is 0 Å². The first-order valence-corrected chi connectivity index (χ1v) is 12.3. The highest BCUT2D eigenvalue weighted by molar-refractivity contribution is 8.14. The van der Waals surface area contributed by atoms with E-state index in [0.717, 1.165) is 5.17 Å².